The Kier molecular flexibility index (Phi) is 1.75. The van der Waals surface area contributed by atoms with Crippen LogP contribution in [0.5, 0.6) is 0 Å². The molecule has 0 fully saturated rings. The van der Waals surface area contributed by atoms with Crippen LogP contribution in [0.1, 0.15) is 0 Å². The highest BCUT2D eigenvalue weighted by atomic mass is 32.1. The summed E-state index contributed by atoms with van der Waals surface area (Å²) < 4.78 is 0. The van der Waals surface area contributed by atoms with Crippen LogP contribution in [0.2, 0.25) is 0 Å². The van der Waals surface area contributed by atoms with Crippen LogP contribution in [-0.4, -0.2) is 9.97 Å². The topological polar surface area (TPSA) is 25.8 Å². The lowest BCUT2D eigenvalue weighted by atomic mass is 10.7. The molecule has 1 aromatic rings. The third-order valence-electron chi connectivity index (χ3n) is 0.573. The van der Waals surface area contributed by atoms with Crippen LogP contribution in [0.4, 0.5) is 0 Å². The quantitative estimate of drug-likeness (QED) is 0.320. The van der Waals surface area contributed by atoms with E-state index in [-0.39, 0.29) is 0 Å². The van der Waals surface area contributed by atoms with Gasteiger partial charge in [0.05, 0.1) is 11.2 Å². The normalized spacial score (nSPS) is 9.25. The van der Waals surface area contributed by atoms with Gasteiger partial charge in [0.1, 0.15) is 0 Å². The van der Waals surface area contributed by atoms with Crippen LogP contribution >= 0.6 is 25.3 Å². The van der Waals surface area contributed by atoms with Crippen molar-refractivity contribution < 1.29 is 0 Å². The summed E-state index contributed by atoms with van der Waals surface area (Å²) in [4.78, 5) is 7.38. The van der Waals surface area contributed by atoms with Crippen molar-refractivity contribution in [2.45, 2.75) is 10.2 Å². The summed E-state index contributed by atoms with van der Waals surface area (Å²) in [7, 11) is 0. The first kappa shape index (κ1) is 5.91. The van der Waals surface area contributed by atoms with Crippen LogP contribution in [0.3, 0.4) is 0 Å². The summed E-state index contributed by atoms with van der Waals surface area (Å²) in [5.41, 5.74) is 0. The number of rotatable bonds is 0. The maximum absolute atomic E-state index is 3.92. The minimum Gasteiger partial charge on any atom is -0.221 e. The van der Waals surface area contributed by atoms with Gasteiger partial charge in [-0.2, -0.15) is 0 Å². The van der Waals surface area contributed by atoms with E-state index in [2.05, 4.69) is 41.4 Å². The van der Waals surface area contributed by atoms with Gasteiger partial charge in [-0.15, -0.1) is 25.3 Å². The Morgan fingerprint density at radius 3 is 2.62 bits per heavy atom. The van der Waals surface area contributed by atoms with Crippen molar-refractivity contribution in [3.63, 3.8) is 0 Å². The Morgan fingerprint density at radius 1 is 1.50 bits per heavy atom. The van der Waals surface area contributed by atoms with E-state index in [1.807, 2.05) is 0 Å². The van der Waals surface area contributed by atoms with Crippen LogP contribution in [-0.2, 0) is 0 Å². The van der Waals surface area contributed by atoms with E-state index in [0.29, 0.717) is 10.2 Å². The monoisotopic (exact) mass is 143 g/mol. The lowest BCUT2D eigenvalue weighted by Crippen LogP contribution is -1.80. The Hall–Kier alpha value is -0.220. The van der Waals surface area contributed by atoms with Gasteiger partial charge in [0, 0.05) is 0 Å². The highest BCUT2D eigenvalue weighted by Crippen LogP contribution is 2.00. The average molecular weight is 143 g/mol. The first-order chi connectivity index (χ1) is 3.79. The molecule has 0 saturated heterocycles. The standard InChI is InChI=1S/C4H3N2S2/c7-3-1-2-5-4(8)6-3/h1H,(H2,5,6,7,8). The second-order valence-electron chi connectivity index (χ2n) is 1.16. The van der Waals surface area contributed by atoms with Gasteiger partial charge in [0.25, 0.3) is 0 Å². The third-order valence-corrected chi connectivity index (χ3v) is 1.00. The van der Waals surface area contributed by atoms with Gasteiger partial charge in [0.15, 0.2) is 5.16 Å². The molecule has 1 rings (SSSR count). The molecule has 41 valence electrons. The number of hydrogen-bond donors (Lipinski definition) is 2. The molecule has 0 atom stereocenters. The first-order valence-corrected chi connectivity index (χ1v) is 2.81. The zero-order valence-corrected chi connectivity index (χ0v) is 5.66. The summed E-state index contributed by atoms with van der Waals surface area (Å²) in [6.07, 6.45) is 2.56. The van der Waals surface area contributed by atoms with Crippen molar-refractivity contribution in [3.8, 4) is 0 Å². The van der Waals surface area contributed by atoms with Crippen LogP contribution < -0.4 is 0 Å². The number of nitrogens with zero attached hydrogens (tertiary/aromatic N) is 2. The van der Waals surface area contributed by atoms with E-state index in [9.17, 15) is 0 Å². The van der Waals surface area contributed by atoms with Crippen molar-refractivity contribution in [1.82, 2.24) is 9.97 Å². The summed E-state index contributed by atoms with van der Waals surface area (Å²) >= 11 is 7.77. The van der Waals surface area contributed by atoms with Crippen LogP contribution in [0, 0.1) is 6.20 Å². The first-order valence-electron chi connectivity index (χ1n) is 1.92. The molecule has 4 heteroatoms. The van der Waals surface area contributed by atoms with Crippen molar-refractivity contribution in [2.75, 3.05) is 0 Å². The molecular weight excluding hydrogens is 140 g/mol. The smallest absolute Gasteiger partial charge is 0.186 e. The lowest BCUT2D eigenvalue weighted by molar-refractivity contribution is 0.895. The zero-order chi connectivity index (χ0) is 5.98. The minimum atomic E-state index is 0.400. The fourth-order valence-electron chi connectivity index (χ4n) is 0.307. The van der Waals surface area contributed by atoms with E-state index in [0.717, 1.165) is 0 Å². The van der Waals surface area contributed by atoms with Crippen LogP contribution in [0.15, 0.2) is 16.2 Å². The van der Waals surface area contributed by atoms with Crippen LogP contribution in [0.25, 0.3) is 0 Å². The largest absolute Gasteiger partial charge is 0.221 e. The molecule has 1 heterocycles. The van der Waals surface area contributed by atoms with Gasteiger partial charge in [-0.1, -0.05) is 0 Å². The van der Waals surface area contributed by atoms with Gasteiger partial charge >= 0.3 is 0 Å². The Balaban J connectivity index is 3.08. The summed E-state index contributed by atoms with van der Waals surface area (Å²) in [5, 5.41) is 0.988. The van der Waals surface area contributed by atoms with Gasteiger partial charge < -0.3 is 0 Å². The third kappa shape index (κ3) is 1.38. The van der Waals surface area contributed by atoms with E-state index in [1.54, 1.807) is 6.07 Å². The second-order valence-corrected chi connectivity index (χ2v) is 2.01. The molecule has 0 aromatic carbocycles. The fourth-order valence-corrected chi connectivity index (χ4v) is 0.704. The zero-order valence-electron chi connectivity index (χ0n) is 3.87. The van der Waals surface area contributed by atoms with E-state index in [1.165, 1.54) is 0 Å². The predicted molar refractivity (Wildman–Crippen MR) is 35.4 cm³/mol. The fraction of sp³-hybridized carbons (Fsp3) is 0. The number of thiol groups is 2. The van der Waals surface area contributed by atoms with Gasteiger partial charge in [-0.3, -0.25) is 0 Å². The Labute approximate surface area is 58.2 Å². The molecule has 0 aliphatic heterocycles. The summed E-state index contributed by atoms with van der Waals surface area (Å²) in [6, 6.07) is 1.57. The molecule has 0 spiro atoms. The molecular formula is C4H3N2S2. The van der Waals surface area contributed by atoms with Crippen molar-refractivity contribution in [3.05, 3.63) is 12.3 Å². The van der Waals surface area contributed by atoms with Crippen molar-refractivity contribution in [1.29, 1.82) is 0 Å². The highest BCUT2D eigenvalue weighted by molar-refractivity contribution is 7.80. The summed E-state index contributed by atoms with van der Waals surface area (Å²) in [5.74, 6) is 0. The molecule has 0 bridgehead atoms. The van der Waals surface area contributed by atoms with Crippen molar-refractivity contribution >= 4 is 25.3 Å². The second kappa shape index (κ2) is 2.37. The SMILES string of the molecule is Sc1c[c]nc(S)n1. The molecule has 0 N–H and O–H groups in total. The molecule has 0 saturated carbocycles. The van der Waals surface area contributed by atoms with E-state index < -0.39 is 0 Å². The lowest BCUT2D eigenvalue weighted by Gasteiger charge is -1.86. The number of aromatic nitrogens is 2. The Bertz CT molecular complexity index is 172. The molecule has 8 heavy (non-hydrogen) atoms. The molecule has 0 aliphatic carbocycles. The summed E-state index contributed by atoms with van der Waals surface area (Å²) in [6.45, 7) is 0. The maximum atomic E-state index is 3.92. The molecule has 2 nitrogen and oxygen atoms in total. The maximum Gasteiger partial charge on any atom is 0.186 e. The molecule has 0 amide bonds. The van der Waals surface area contributed by atoms with E-state index in [4.69, 9.17) is 0 Å². The van der Waals surface area contributed by atoms with Gasteiger partial charge in [-0.25, -0.2) is 9.97 Å². The van der Waals surface area contributed by atoms with Crippen molar-refractivity contribution in [2.24, 2.45) is 0 Å². The molecule has 1 aromatic heterocycles. The number of hydrogen-bond acceptors (Lipinski definition) is 4. The molecule has 1 radical (unpaired) electrons. The highest BCUT2D eigenvalue weighted by Gasteiger charge is 1.86. The minimum absolute atomic E-state index is 0.400. The average Bonchev–Trinajstić information content (AvgIpc) is 1.64. The van der Waals surface area contributed by atoms with E-state index >= 15 is 0 Å². The molecule has 0 aliphatic rings. The van der Waals surface area contributed by atoms with Gasteiger partial charge in [-0.05, 0) is 6.07 Å². The Morgan fingerprint density at radius 2 is 2.25 bits per heavy atom. The predicted octanol–water partition coefficient (Wildman–Crippen LogP) is 0.854. The van der Waals surface area contributed by atoms with Gasteiger partial charge in [0.2, 0.25) is 0 Å². The molecule has 0 unspecified atom stereocenters.